The minimum atomic E-state index is -0.00926. The lowest BCUT2D eigenvalue weighted by atomic mass is 10.1. The van der Waals surface area contributed by atoms with Crippen molar-refractivity contribution in [3.63, 3.8) is 0 Å². The minimum Gasteiger partial charge on any atom is -0.481 e. The maximum atomic E-state index is 12.7. The molecule has 0 spiro atoms. The number of ether oxygens (including phenoxy) is 1. The van der Waals surface area contributed by atoms with Gasteiger partial charge in [-0.25, -0.2) is 0 Å². The third kappa shape index (κ3) is 3.28. The summed E-state index contributed by atoms with van der Waals surface area (Å²) in [6.07, 6.45) is 7.94. The summed E-state index contributed by atoms with van der Waals surface area (Å²) in [6, 6.07) is 16.3. The number of aryl methyl sites for hydroxylation is 1. The summed E-state index contributed by atoms with van der Waals surface area (Å²) in [4.78, 5) is 22.3. The van der Waals surface area contributed by atoms with E-state index in [4.69, 9.17) is 4.74 Å². The second-order valence-electron chi connectivity index (χ2n) is 8.39. The number of pyridine rings is 1. The normalized spacial score (nSPS) is 14.9. The van der Waals surface area contributed by atoms with E-state index in [1.54, 1.807) is 0 Å². The number of H-pyrrole nitrogens is 1. The Kier molecular flexibility index (Phi) is 4.56. The third-order valence-electron chi connectivity index (χ3n) is 6.45. The molecule has 32 heavy (non-hydrogen) atoms. The fraction of sp³-hybridized carbons (Fsp3) is 0.231. The molecule has 4 aromatic rings. The first kappa shape index (κ1) is 18.9. The van der Waals surface area contributed by atoms with Crippen molar-refractivity contribution in [3.05, 3.63) is 77.7 Å². The first-order chi connectivity index (χ1) is 15.8. The summed E-state index contributed by atoms with van der Waals surface area (Å²) in [5.74, 6) is 0.726. The van der Waals surface area contributed by atoms with Gasteiger partial charge >= 0.3 is 0 Å². The molecule has 2 N–H and O–H groups in total. The highest BCUT2D eigenvalue weighted by atomic mass is 16.5. The molecule has 1 aliphatic heterocycles. The number of anilines is 3. The highest BCUT2D eigenvalue weighted by molar-refractivity contribution is 5.98. The van der Waals surface area contributed by atoms with Gasteiger partial charge in [-0.2, -0.15) is 0 Å². The number of nitrogens with one attached hydrogen (secondary N) is 2. The lowest BCUT2D eigenvalue weighted by molar-refractivity contribution is -0.121. The second kappa shape index (κ2) is 7.71. The number of fused-ring (bicyclic) bond motifs is 3. The fourth-order valence-corrected chi connectivity index (χ4v) is 4.83. The van der Waals surface area contributed by atoms with Gasteiger partial charge in [-0.3, -0.25) is 9.78 Å². The minimum absolute atomic E-state index is 0.00926. The van der Waals surface area contributed by atoms with Gasteiger partial charge in [-0.15, -0.1) is 0 Å². The molecule has 0 saturated heterocycles. The van der Waals surface area contributed by atoms with Crippen molar-refractivity contribution in [2.75, 3.05) is 23.4 Å². The van der Waals surface area contributed by atoms with Gasteiger partial charge in [0, 0.05) is 53.0 Å². The Bertz CT molecular complexity index is 1330. The predicted octanol–water partition coefficient (Wildman–Crippen LogP) is 4.76. The van der Waals surface area contributed by atoms with E-state index in [0.717, 1.165) is 54.0 Å². The molecule has 2 aromatic carbocycles. The lowest BCUT2D eigenvalue weighted by Crippen LogP contribution is -2.40. The van der Waals surface area contributed by atoms with Crippen molar-refractivity contribution >= 4 is 33.9 Å². The van der Waals surface area contributed by atoms with Crippen LogP contribution in [0.15, 0.2) is 60.9 Å². The molecule has 0 unspecified atom stereocenters. The van der Waals surface area contributed by atoms with Crippen molar-refractivity contribution < 1.29 is 9.53 Å². The van der Waals surface area contributed by atoms with Gasteiger partial charge in [-0.1, -0.05) is 18.2 Å². The molecule has 6 nitrogen and oxygen atoms in total. The number of benzene rings is 2. The quantitative estimate of drug-likeness (QED) is 0.484. The summed E-state index contributed by atoms with van der Waals surface area (Å²) in [5.41, 5.74) is 7.72. The van der Waals surface area contributed by atoms with Gasteiger partial charge < -0.3 is 19.9 Å². The third-order valence-corrected chi connectivity index (χ3v) is 6.45. The van der Waals surface area contributed by atoms with Gasteiger partial charge in [0.1, 0.15) is 5.75 Å². The molecule has 1 aliphatic carbocycles. The average Bonchev–Trinajstić information content (AvgIpc) is 3.46. The zero-order chi connectivity index (χ0) is 21.5. The van der Waals surface area contributed by atoms with Gasteiger partial charge in [0.05, 0.1) is 5.69 Å². The number of para-hydroxylation sites is 1. The SMILES string of the molecule is O=C1COc2cc(Nc3ccnc4c3CCC4)ccc2N1CCc1c[nH]c2ccccc12. The van der Waals surface area contributed by atoms with E-state index >= 15 is 0 Å². The molecule has 6 rings (SSSR count). The Morgan fingerprint density at radius 1 is 1.12 bits per heavy atom. The van der Waals surface area contributed by atoms with Gasteiger partial charge in [0.2, 0.25) is 0 Å². The highest BCUT2D eigenvalue weighted by Gasteiger charge is 2.26. The number of amides is 1. The molecule has 6 heteroatoms. The Balaban J connectivity index is 1.24. The number of hydrogen-bond donors (Lipinski definition) is 2. The lowest BCUT2D eigenvalue weighted by Gasteiger charge is -2.30. The van der Waals surface area contributed by atoms with Crippen LogP contribution in [0, 0.1) is 0 Å². The van der Waals surface area contributed by atoms with Crippen molar-refractivity contribution in [2.24, 2.45) is 0 Å². The van der Waals surface area contributed by atoms with E-state index < -0.39 is 0 Å². The molecule has 0 radical (unpaired) electrons. The second-order valence-corrected chi connectivity index (χ2v) is 8.39. The molecule has 160 valence electrons. The van der Waals surface area contributed by atoms with Crippen LogP contribution < -0.4 is 15.0 Å². The largest absolute Gasteiger partial charge is 0.481 e. The first-order valence-corrected chi connectivity index (χ1v) is 11.1. The number of aromatic nitrogens is 2. The van der Waals surface area contributed by atoms with Crippen LogP contribution >= 0.6 is 0 Å². The number of carbonyl (C=O) groups excluding carboxylic acids is 1. The van der Waals surface area contributed by atoms with Crippen molar-refractivity contribution in [3.8, 4) is 5.75 Å². The molecule has 0 fully saturated rings. The average molecular weight is 425 g/mol. The molecule has 0 atom stereocenters. The van der Waals surface area contributed by atoms with Crippen LogP contribution in [0.2, 0.25) is 0 Å². The van der Waals surface area contributed by atoms with Crippen LogP contribution in [0.3, 0.4) is 0 Å². The summed E-state index contributed by atoms with van der Waals surface area (Å²) >= 11 is 0. The maximum absolute atomic E-state index is 12.7. The predicted molar refractivity (Wildman–Crippen MR) is 126 cm³/mol. The van der Waals surface area contributed by atoms with E-state index in [-0.39, 0.29) is 12.5 Å². The molecule has 3 heterocycles. The number of carbonyl (C=O) groups is 1. The molecular weight excluding hydrogens is 400 g/mol. The zero-order valence-electron chi connectivity index (χ0n) is 17.7. The monoisotopic (exact) mass is 424 g/mol. The van der Waals surface area contributed by atoms with Crippen LogP contribution in [0.4, 0.5) is 17.1 Å². The van der Waals surface area contributed by atoms with Crippen LogP contribution in [0.5, 0.6) is 5.75 Å². The molecule has 1 amide bonds. The molecule has 2 aromatic heterocycles. The number of rotatable bonds is 5. The van der Waals surface area contributed by atoms with E-state index in [1.165, 1.54) is 22.2 Å². The Morgan fingerprint density at radius 3 is 3.03 bits per heavy atom. The number of hydrogen-bond acceptors (Lipinski definition) is 4. The Labute approximate surface area is 186 Å². The molecule has 0 saturated carbocycles. The summed E-state index contributed by atoms with van der Waals surface area (Å²) in [7, 11) is 0. The Morgan fingerprint density at radius 2 is 2.06 bits per heavy atom. The number of nitrogens with zero attached hydrogens (tertiary/aromatic N) is 2. The summed E-state index contributed by atoms with van der Waals surface area (Å²) in [5, 5.41) is 4.73. The van der Waals surface area contributed by atoms with Crippen molar-refractivity contribution in [1.29, 1.82) is 0 Å². The van der Waals surface area contributed by atoms with Crippen molar-refractivity contribution in [1.82, 2.24) is 9.97 Å². The van der Waals surface area contributed by atoms with E-state index in [0.29, 0.717) is 6.54 Å². The van der Waals surface area contributed by atoms with E-state index in [1.807, 2.05) is 53.7 Å². The van der Waals surface area contributed by atoms with Crippen LogP contribution in [0.1, 0.15) is 23.2 Å². The van der Waals surface area contributed by atoms with Crippen LogP contribution in [0.25, 0.3) is 10.9 Å². The standard InChI is InChI=1S/C26H24N4O2/c31-26-16-32-25-14-18(29-23-10-12-27-22-7-3-5-20(22)23)8-9-24(25)30(26)13-11-17-15-28-21-6-2-1-4-19(17)21/h1-2,4,6,8-10,12,14-15,28H,3,5,7,11,13,16H2,(H,27,29). The molecule has 2 aliphatic rings. The van der Waals surface area contributed by atoms with Gasteiger partial charge in [0.25, 0.3) is 5.91 Å². The van der Waals surface area contributed by atoms with Crippen LogP contribution in [-0.4, -0.2) is 29.0 Å². The maximum Gasteiger partial charge on any atom is 0.265 e. The smallest absolute Gasteiger partial charge is 0.265 e. The molecule has 0 bridgehead atoms. The Hall–Kier alpha value is -3.80. The topological polar surface area (TPSA) is 70.2 Å². The fourth-order valence-electron chi connectivity index (χ4n) is 4.83. The highest BCUT2D eigenvalue weighted by Crippen LogP contribution is 2.37. The number of aromatic amines is 1. The van der Waals surface area contributed by atoms with Gasteiger partial charge in [-0.05, 0) is 61.1 Å². The van der Waals surface area contributed by atoms with E-state index in [2.05, 4.69) is 27.4 Å². The molecular formula is C26H24N4O2. The summed E-state index contributed by atoms with van der Waals surface area (Å²) < 4.78 is 5.79. The first-order valence-electron chi connectivity index (χ1n) is 11.1. The van der Waals surface area contributed by atoms with Crippen molar-refractivity contribution in [2.45, 2.75) is 25.7 Å². The van der Waals surface area contributed by atoms with E-state index in [9.17, 15) is 4.79 Å². The zero-order valence-corrected chi connectivity index (χ0v) is 17.7. The van der Waals surface area contributed by atoms with Gasteiger partial charge in [0.15, 0.2) is 6.61 Å². The van der Waals surface area contributed by atoms with Crippen LogP contribution in [-0.2, 0) is 24.1 Å². The summed E-state index contributed by atoms with van der Waals surface area (Å²) in [6.45, 7) is 0.677.